The lowest BCUT2D eigenvalue weighted by molar-refractivity contribution is -0.141. The molecule has 1 aliphatic heterocycles. The predicted octanol–water partition coefficient (Wildman–Crippen LogP) is 2.53. The molecule has 0 aromatic rings. The zero-order chi connectivity index (χ0) is 11.8. The second kappa shape index (κ2) is 3.74. The van der Waals surface area contributed by atoms with E-state index < -0.39 is 11.6 Å². The molecule has 0 radical (unpaired) electrons. The van der Waals surface area contributed by atoms with E-state index in [0.717, 1.165) is 24.8 Å². The molecule has 0 spiro atoms. The van der Waals surface area contributed by atoms with Crippen LogP contribution < -0.4 is 0 Å². The second-order valence-electron chi connectivity index (χ2n) is 4.72. The largest absolute Gasteiger partial charge is 0.479 e. The minimum absolute atomic E-state index is 0.123. The number of allylic oxidation sites excluding steroid dienone is 3. The summed E-state index contributed by atoms with van der Waals surface area (Å²) in [6, 6.07) is 0. The zero-order valence-corrected chi connectivity index (χ0v) is 9.82. The molecular formula is C13H18O3. The van der Waals surface area contributed by atoms with Crippen LogP contribution in [-0.4, -0.2) is 23.3 Å². The molecule has 1 fully saturated rings. The molecule has 0 bridgehead atoms. The van der Waals surface area contributed by atoms with Gasteiger partial charge in [0.25, 0.3) is 0 Å². The molecule has 1 heterocycles. The lowest BCUT2D eigenvalue weighted by Gasteiger charge is -2.32. The maximum atomic E-state index is 11.2. The Morgan fingerprint density at radius 2 is 2.12 bits per heavy atom. The fraction of sp³-hybridized carbons (Fsp3) is 0.615. The van der Waals surface area contributed by atoms with Crippen molar-refractivity contribution in [2.75, 3.05) is 6.61 Å². The van der Waals surface area contributed by atoms with Crippen LogP contribution in [0.3, 0.4) is 0 Å². The Morgan fingerprint density at radius 3 is 2.56 bits per heavy atom. The van der Waals surface area contributed by atoms with Crippen molar-refractivity contribution in [1.29, 1.82) is 0 Å². The third-order valence-corrected chi connectivity index (χ3v) is 4.00. The number of ether oxygens (including phenoxy) is 1. The van der Waals surface area contributed by atoms with Crippen LogP contribution in [-0.2, 0) is 9.53 Å². The normalized spacial score (nSPS) is 31.0. The molecule has 1 saturated heterocycles. The lowest BCUT2D eigenvalue weighted by atomic mass is 9.72. The molecule has 1 atom stereocenters. The van der Waals surface area contributed by atoms with Gasteiger partial charge in [-0.05, 0) is 30.3 Å². The van der Waals surface area contributed by atoms with Crippen LogP contribution in [0.5, 0.6) is 0 Å². The van der Waals surface area contributed by atoms with E-state index in [0.29, 0.717) is 6.61 Å². The van der Waals surface area contributed by atoms with Gasteiger partial charge in [0, 0.05) is 0 Å². The fourth-order valence-electron chi connectivity index (χ4n) is 2.40. The molecule has 1 unspecified atom stereocenters. The summed E-state index contributed by atoms with van der Waals surface area (Å²) in [6.45, 7) is 4.63. The van der Waals surface area contributed by atoms with Crippen molar-refractivity contribution in [3.05, 3.63) is 23.8 Å². The van der Waals surface area contributed by atoms with Gasteiger partial charge in [-0.2, -0.15) is 0 Å². The highest BCUT2D eigenvalue weighted by atomic mass is 16.6. The second-order valence-corrected chi connectivity index (χ2v) is 4.72. The molecule has 1 aliphatic carbocycles. The summed E-state index contributed by atoms with van der Waals surface area (Å²) in [5.41, 5.74) is 0.0463. The summed E-state index contributed by atoms with van der Waals surface area (Å²) >= 11 is 0. The Kier molecular flexibility index (Phi) is 2.66. The Labute approximate surface area is 95.8 Å². The Morgan fingerprint density at radius 1 is 1.50 bits per heavy atom. The van der Waals surface area contributed by atoms with Crippen molar-refractivity contribution >= 4 is 5.97 Å². The number of rotatable bonds is 4. The number of hydrogen-bond donors (Lipinski definition) is 1. The van der Waals surface area contributed by atoms with E-state index in [1.807, 2.05) is 12.2 Å². The topological polar surface area (TPSA) is 49.8 Å². The van der Waals surface area contributed by atoms with Gasteiger partial charge in [-0.3, -0.25) is 0 Å². The number of aliphatic carboxylic acids is 1. The first kappa shape index (κ1) is 11.4. The molecule has 0 aromatic heterocycles. The first-order valence-corrected chi connectivity index (χ1v) is 5.85. The van der Waals surface area contributed by atoms with Crippen molar-refractivity contribution in [3.8, 4) is 0 Å². The van der Waals surface area contributed by atoms with Gasteiger partial charge in [0.05, 0.1) is 6.61 Å². The molecule has 0 aromatic carbocycles. The van der Waals surface area contributed by atoms with Crippen LogP contribution in [0.4, 0.5) is 0 Å². The molecule has 0 saturated carbocycles. The molecule has 16 heavy (non-hydrogen) atoms. The zero-order valence-electron chi connectivity index (χ0n) is 9.82. The molecule has 1 N–H and O–H groups in total. The van der Waals surface area contributed by atoms with Gasteiger partial charge in [-0.1, -0.05) is 32.1 Å². The van der Waals surface area contributed by atoms with E-state index >= 15 is 0 Å². The molecule has 2 rings (SSSR count). The summed E-state index contributed by atoms with van der Waals surface area (Å²) < 4.78 is 5.18. The Bertz CT molecular complexity index is 357. The minimum Gasteiger partial charge on any atom is -0.479 e. The van der Waals surface area contributed by atoms with Crippen LogP contribution in [0.15, 0.2) is 23.8 Å². The third-order valence-electron chi connectivity index (χ3n) is 4.00. The summed E-state index contributed by atoms with van der Waals surface area (Å²) in [7, 11) is 0. The highest BCUT2D eigenvalue weighted by molar-refractivity contribution is 5.85. The van der Waals surface area contributed by atoms with Crippen LogP contribution >= 0.6 is 0 Å². The van der Waals surface area contributed by atoms with Gasteiger partial charge in [-0.25, -0.2) is 4.79 Å². The van der Waals surface area contributed by atoms with Gasteiger partial charge >= 0.3 is 5.97 Å². The summed E-state index contributed by atoms with van der Waals surface area (Å²) in [6.07, 6.45) is 8.97. The van der Waals surface area contributed by atoms with Gasteiger partial charge in [-0.15, -0.1) is 0 Å². The number of carboxylic acid groups (broad SMARTS) is 1. The van der Waals surface area contributed by atoms with E-state index in [4.69, 9.17) is 4.74 Å². The number of carbonyl (C=O) groups is 1. The number of hydrogen-bond acceptors (Lipinski definition) is 2. The van der Waals surface area contributed by atoms with Crippen molar-refractivity contribution < 1.29 is 14.6 Å². The minimum atomic E-state index is -1.000. The van der Waals surface area contributed by atoms with Gasteiger partial charge in [0.2, 0.25) is 5.60 Å². The van der Waals surface area contributed by atoms with Gasteiger partial charge < -0.3 is 9.84 Å². The number of carboxylic acids is 1. The molecule has 3 nitrogen and oxygen atoms in total. The highest BCUT2D eigenvalue weighted by Crippen LogP contribution is 2.46. The highest BCUT2D eigenvalue weighted by Gasteiger charge is 2.56. The monoisotopic (exact) mass is 222 g/mol. The van der Waals surface area contributed by atoms with Crippen LogP contribution in [0, 0.1) is 5.41 Å². The quantitative estimate of drug-likeness (QED) is 0.743. The smallest absolute Gasteiger partial charge is 0.342 e. The van der Waals surface area contributed by atoms with E-state index in [1.165, 1.54) is 0 Å². The number of epoxide rings is 1. The standard InChI is InChI=1S/C13H18O3/c1-3-12(4-2)7-5-6-10(8-12)13(9-16-13)11(14)15/h5-7H,3-4,8-9H2,1-2H3,(H,14,15). The summed E-state index contributed by atoms with van der Waals surface area (Å²) in [4.78, 5) is 11.2. The summed E-state index contributed by atoms with van der Waals surface area (Å²) in [5.74, 6) is -0.852. The molecule has 0 amide bonds. The van der Waals surface area contributed by atoms with Crippen molar-refractivity contribution in [3.63, 3.8) is 0 Å². The van der Waals surface area contributed by atoms with Gasteiger partial charge in [0.1, 0.15) is 0 Å². The van der Waals surface area contributed by atoms with Crippen molar-refractivity contribution in [1.82, 2.24) is 0 Å². The molecular weight excluding hydrogens is 204 g/mol. The van der Waals surface area contributed by atoms with E-state index in [-0.39, 0.29) is 5.41 Å². The Balaban J connectivity index is 2.23. The SMILES string of the molecule is CCC1(CC)C=CC=C(C2(C(=O)O)CO2)C1. The van der Waals surface area contributed by atoms with Crippen LogP contribution in [0.2, 0.25) is 0 Å². The van der Waals surface area contributed by atoms with E-state index in [2.05, 4.69) is 19.9 Å². The van der Waals surface area contributed by atoms with Crippen LogP contribution in [0.1, 0.15) is 33.1 Å². The molecule has 88 valence electrons. The average Bonchev–Trinajstić information content (AvgIpc) is 3.10. The van der Waals surface area contributed by atoms with Gasteiger partial charge in [0.15, 0.2) is 0 Å². The fourth-order valence-corrected chi connectivity index (χ4v) is 2.40. The Hall–Kier alpha value is -1.09. The first-order chi connectivity index (χ1) is 7.58. The van der Waals surface area contributed by atoms with Crippen molar-refractivity contribution in [2.45, 2.75) is 38.7 Å². The summed E-state index contributed by atoms with van der Waals surface area (Å²) in [5, 5.41) is 9.18. The molecule has 2 aliphatic rings. The van der Waals surface area contributed by atoms with Crippen LogP contribution in [0.25, 0.3) is 0 Å². The third kappa shape index (κ3) is 1.59. The average molecular weight is 222 g/mol. The van der Waals surface area contributed by atoms with E-state index in [9.17, 15) is 9.90 Å². The van der Waals surface area contributed by atoms with Crippen molar-refractivity contribution in [2.24, 2.45) is 5.41 Å². The molecule has 3 heteroatoms. The van der Waals surface area contributed by atoms with E-state index in [1.54, 1.807) is 0 Å². The predicted molar refractivity (Wildman–Crippen MR) is 61.2 cm³/mol. The lowest BCUT2D eigenvalue weighted by Crippen LogP contribution is -2.31. The maximum Gasteiger partial charge on any atom is 0.342 e. The maximum absolute atomic E-state index is 11.2. The first-order valence-electron chi connectivity index (χ1n) is 5.85.